The summed E-state index contributed by atoms with van der Waals surface area (Å²) in [5.41, 5.74) is 3.73. The van der Waals surface area contributed by atoms with Gasteiger partial charge >= 0.3 is 0 Å². The molecule has 3 aromatic rings. The summed E-state index contributed by atoms with van der Waals surface area (Å²) >= 11 is 0. The lowest BCUT2D eigenvalue weighted by molar-refractivity contribution is 0.101. The van der Waals surface area contributed by atoms with Crippen LogP contribution in [-0.4, -0.2) is 25.5 Å². The number of benzene rings is 1. The van der Waals surface area contributed by atoms with Crippen LogP contribution in [-0.2, 0) is 0 Å². The Morgan fingerprint density at radius 3 is 2.58 bits per heavy atom. The largest absolute Gasteiger partial charge is 0.319 e. The van der Waals surface area contributed by atoms with E-state index in [9.17, 15) is 4.79 Å². The molecule has 0 fully saturated rings. The maximum Gasteiger partial charge on any atom is 0.295 e. The molecule has 0 aliphatic heterocycles. The molecule has 0 unspecified atom stereocenters. The van der Waals surface area contributed by atoms with Gasteiger partial charge in [0.2, 0.25) is 5.82 Å². The van der Waals surface area contributed by atoms with Gasteiger partial charge in [0, 0.05) is 17.1 Å². The molecule has 1 N–H and O–H groups in total. The minimum Gasteiger partial charge on any atom is -0.319 e. The maximum atomic E-state index is 12.4. The van der Waals surface area contributed by atoms with Crippen molar-refractivity contribution in [2.75, 3.05) is 5.32 Å². The summed E-state index contributed by atoms with van der Waals surface area (Å²) in [5, 5.41) is 7.07. The SMILES string of the molecule is CC[C@@H](C)c1ccc(NC(=O)c2nc3nc(C)cc(C)n3n2)cc1. The zero-order valence-electron chi connectivity index (χ0n) is 14.4. The van der Waals surface area contributed by atoms with E-state index in [1.54, 1.807) is 4.52 Å². The first-order chi connectivity index (χ1) is 11.5. The number of carbonyl (C=O) groups is 1. The summed E-state index contributed by atoms with van der Waals surface area (Å²) < 4.78 is 1.58. The van der Waals surface area contributed by atoms with Crippen molar-refractivity contribution in [1.82, 2.24) is 19.6 Å². The van der Waals surface area contributed by atoms with Gasteiger partial charge in [-0.3, -0.25) is 4.79 Å². The molecule has 6 heteroatoms. The zero-order valence-corrected chi connectivity index (χ0v) is 14.4. The molecule has 2 heterocycles. The molecular formula is C18H21N5O. The fraction of sp³-hybridized carbons (Fsp3) is 0.333. The Morgan fingerprint density at radius 2 is 1.92 bits per heavy atom. The van der Waals surface area contributed by atoms with E-state index in [0.29, 0.717) is 11.7 Å². The van der Waals surface area contributed by atoms with Crippen LogP contribution in [0, 0.1) is 13.8 Å². The highest BCUT2D eigenvalue weighted by molar-refractivity contribution is 6.01. The van der Waals surface area contributed by atoms with Crippen LogP contribution in [0.3, 0.4) is 0 Å². The number of carbonyl (C=O) groups excluding carboxylic acids is 1. The van der Waals surface area contributed by atoms with Gasteiger partial charge in [-0.2, -0.15) is 4.98 Å². The van der Waals surface area contributed by atoms with E-state index in [1.807, 2.05) is 44.2 Å². The van der Waals surface area contributed by atoms with E-state index in [-0.39, 0.29) is 11.7 Å². The number of nitrogens with one attached hydrogen (secondary N) is 1. The standard InChI is InChI=1S/C18H21N5O/c1-5-11(2)14-6-8-15(9-7-14)20-17(24)16-21-18-19-12(3)10-13(4)23(18)22-16/h6-11H,5H2,1-4H3,(H,20,24)/t11-/m1/s1. The van der Waals surface area contributed by atoms with Crippen molar-refractivity contribution in [2.45, 2.75) is 40.0 Å². The molecule has 1 atom stereocenters. The van der Waals surface area contributed by atoms with Gasteiger partial charge in [-0.05, 0) is 49.9 Å². The Balaban J connectivity index is 1.81. The summed E-state index contributed by atoms with van der Waals surface area (Å²) in [4.78, 5) is 20.9. The molecule has 0 saturated carbocycles. The quantitative estimate of drug-likeness (QED) is 0.797. The summed E-state index contributed by atoms with van der Waals surface area (Å²) in [5.74, 6) is 0.716. The average Bonchev–Trinajstić information content (AvgIpc) is 2.99. The summed E-state index contributed by atoms with van der Waals surface area (Å²) in [6.07, 6.45) is 1.09. The lowest BCUT2D eigenvalue weighted by atomic mass is 9.99. The van der Waals surface area contributed by atoms with Crippen LogP contribution in [0.4, 0.5) is 5.69 Å². The first-order valence-corrected chi connectivity index (χ1v) is 8.10. The van der Waals surface area contributed by atoms with Gasteiger partial charge in [0.1, 0.15) is 0 Å². The molecule has 0 aliphatic rings. The smallest absolute Gasteiger partial charge is 0.295 e. The normalized spacial score (nSPS) is 12.3. The van der Waals surface area contributed by atoms with Crippen molar-refractivity contribution in [3.63, 3.8) is 0 Å². The number of rotatable bonds is 4. The lowest BCUT2D eigenvalue weighted by Crippen LogP contribution is -2.14. The second-order valence-electron chi connectivity index (χ2n) is 6.07. The number of hydrogen-bond donors (Lipinski definition) is 1. The van der Waals surface area contributed by atoms with Crippen molar-refractivity contribution < 1.29 is 4.79 Å². The van der Waals surface area contributed by atoms with E-state index >= 15 is 0 Å². The predicted molar refractivity (Wildman–Crippen MR) is 93.4 cm³/mol. The lowest BCUT2D eigenvalue weighted by Gasteiger charge is -2.09. The Morgan fingerprint density at radius 1 is 1.21 bits per heavy atom. The highest BCUT2D eigenvalue weighted by Gasteiger charge is 2.15. The second-order valence-corrected chi connectivity index (χ2v) is 6.07. The monoisotopic (exact) mass is 323 g/mol. The highest BCUT2D eigenvalue weighted by Crippen LogP contribution is 2.20. The van der Waals surface area contributed by atoms with Gasteiger partial charge in [-0.25, -0.2) is 9.50 Å². The molecule has 24 heavy (non-hydrogen) atoms. The molecule has 124 valence electrons. The molecule has 0 spiro atoms. The fourth-order valence-corrected chi connectivity index (χ4v) is 2.58. The predicted octanol–water partition coefficient (Wildman–Crippen LogP) is 3.51. The van der Waals surface area contributed by atoms with Crippen LogP contribution in [0.5, 0.6) is 0 Å². The van der Waals surface area contributed by atoms with Gasteiger partial charge in [-0.15, -0.1) is 5.10 Å². The number of nitrogens with zero attached hydrogens (tertiary/aromatic N) is 4. The Labute approximate surface area is 141 Å². The van der Waals surface area contributed by atoms with Gasteiger partial charge in [0.05, 0.1) is 0 Å². The Kier molecular flexibility index (Phi) is 4.29. The van der Waals surface area contributed by atoms with Crippen molar-refractivity contribution >= 4 is 17.4 Å². The first kappa shape index (κ1) is 16.1. The summed E-state index contributed by atoms with van der Waals surface area (Å²) in [6.45, 7) is 8.14. The number of aromatic nitrogens is 4. The minimum atomic E-state index is -0.339. The third-order valence-corrected chi connectivity index (χ3v) is 4.17. The van der Waals surface area contributed by atoms with Crippen LogP contribution in [0.1, 0.15) is 53.8 Å². The molecule has 1 amide bonds. The minimum absolute atomic E-state index is 0.113. The van der Waals surface area contributed by atoms with Gasteiger partial charge < -0.3 is 5.32 Å². The number of anilines is 1. The van der Waals surface area contributed by atoms with E-state index in [2.05, 4.69) is 34.2 Å². The van der Waals surface area contributed by atoms with E-state index < -0.39 is 0 Å². The third kappa shape index (κ3) is 3.13. The van der Waals surface area contributed by atoms with Gasteiger partial charge in [-0.1, -0.05) is 26.0 Å². The van der Waals surface area contributed by atoms with E-state index in [4.69, 9.17) is 0 Å². The van der Waals surface area contributed by atoms with Crippen LogP contribution in [0.25, 0.3) is 5.78 Å². The van der Waals surface area contributed by atoms with Crippen LogP contribution in [0.2, 0.25) is 0 Å². The molecule has 6 nitrogen and oxygen atoms in total. The zero-order chi connectivity index (χ0) is 17.3. The Hall–Kier alpha value is -2.76. The number of hydrogen-bond acceptors (Lipinski definition) is 4. The summed E-state index contributed by atoms with van der Waals surface area (Å²) in [6, 6.07) is 9.79. The third-order valence-electron chi connectivity index (χ3n) is 4.17. The van der Waals surface area contributed by atoms with Crippen molar-refractivity contribution in [3.05, 3.63) is 53.1 Å². The maximum absolute atomic E-state index is 12.4. The van der Waals surface area contributed by atoms with Crippen molar-refractivity contribution in [2.24, 2.45) is 0 Å². The molecule has 0 saturated heterocycles. The highest BCUT2D eigenvalue weighted by atomic mass is 16.2. The van der Waals surface area contributed by atoms with Gasteiger partial charge in [0.25, 0.3) is 11.7 Å². The molecule has 2 aromatic heterocycles. The van der Waals surface area contributed by atoms with E-state index in [0.717, 1.165) is 23.5 Å². The Bertz CT molecular complexity index is 882. The molecule has 0 radical (unpaired) electrons. The molecule has 0 aliphatic carbocycles. The molecule has 1 aromatic carbocycles. The van der Waals surface area contributed by atoms with Gasteiger partial charge in [0.15, 0.2) is 0 Å². The van der Waals surface area contributed by atoms with Crippen molar-refractivity contribution in [1.29, 1.82) is 0 Å². The molecule has 0 bridgehead atoms. The van der Waals surface area contributed by atoms with Crippen molar-refractivity contribution in [3.8, 4) is 0 Å². The number of amides is 1. The topological polar surface area (TPSA) is 72.2 Å². The second kappa shape index (κ2) is 6.39. The van der Waals surface area contributed by atoms with E-state index in [1.165, 1.54) is 5.56 Å². The van der Waals surface area contributed by atoms with Crippen LogP contribution in [0.15, 0.2) is 30.3 Å². The average molecular weight is 323 g/mol. The first-order valence-electron chi connectivity index (χ1n) is 8.10. The van der Waals surface area contributed by atoms with Crippen LogP contribution < -0.4 is 5.32 Å². The molecular weight excluding hydrogens is 302 g/mol. The molecule has 3 rings (SSSR count). The fourth-order valence-electron chi connectivity index (χ4n) is 2.58. The van der Waals surface area contributed by atoms with Crippen LogP contribution >= 0.6 is 0 Å². The summed E-state index contributed by atoms with van der Waals surface area (Å²) in [7, 11) is 0. The number of aryl methyl sites for hydroxylation is 2. The number of fused-ring (bicyclic) bond motifs is 1.